The Morgan fingerprint density at radius 1 is 1.47 bits per heavy atom. The molecule has 5 nitrogen and oxygen atoms in total. The van der Waals surface area contributed by atoms with Gasteiger partial charge in [0.15, 0.2) is 17.6 Å². The molecule has 19 heavy (non-hydrogen) atoms. The van der Waals surface area contributed by atoms with Crippen molar-refractivity contribution in [2.45, 2.75) is 32.8 Å². The standard InChI is InChI=1S/C14H17NO4/c1-3-5-13(14(17)18-4-2)19-12-7-6-10(9-15)8-11(12)16/h6-8,13,16H,3-5H2,1-2H3. The Bertz CT molecular complexity index is 479. The average Bonchev–Trinajstić information content (AvgIpc) is 2.40. The molecule has 0 radical (unpaired) electrons. The summed E-state index contributed by atoms with van der Waals surface area (Å²) in [7, 11) is 0. The van der Waals surface area contributed by atoms with Crippen molar-refractivity contribution in [1.82, 2.24) is 0 Å². The molecular formula is C14H17NO4. The second-order valence-electron chi connectivity index (χ2n) is 3.94. The highest BCUT2D eigenvalue weighted by molar-refractivity contribution is 5.75. The minimum Gasteiger partial charge on any atom is -0.504 e. The fraction of sp³-hybridized carbons (Fsp3) is 0.429. The SMILES string of the molecule is CCCC(Oc1ccc(C#N)cc1O)C(=O)OCC. The number of ether oxygens (including phenoxy) is 2. The topological polar surface area (TPSA) is 79.5 Å². The number of nitrogens with zero attached hydrogens (tertiary/aromatic N) is 1. The van der Waals surface area contributed by atoms with E-state index in [0.717, 1.165) is 6.42 Å². The van der Waals surface area contributed by atoms with Crippen LogP contribution >= 0.6 is 0 Å². The zero-order chi connectivity index (χ0) is 14.3. The molecule has 1 atom stereocenters. The first-order chi connectivity index (χ1) is 9.12. The number of phenolic OH excluding ortho intramolecular Hbond substituents is 1. The van der Waals surface area contributed by atoms with E-state index in [1.54, 1.807) is 6.92 Å². The number of phenols is 1. The Kier molecular flexibility index (Phi) is 5.68. The molecule has 5 heteroatoms. The fourth-order valence-electron chi connectivity index (χ4n) is 1.56. The van der Waals surface area contributed by atoms with Crippen molar-refractivity contribution in [3.8, 4) is 17.6 Å². The Morgan fingerprint density at radius 3 is 2.74 bits per heavy atom. The number of aromatic hydroxyl groups is 1. The Labute approximate surface area is 112 Å². The second-order valence-corrected chi connectivity index (χ2v) is 3.94. The maximum atomic E-state index is 11.7. The highest BCUT2D eigenvalue weighted by atomic mass is 16.6. The van der Waals surface area contributed by atoms with Crippen molar-refractivity contribution in [3.05, 3.63) is 23.8 Å². The lowest BCUT2D eigenvalue weighted by Gasteiger charge is -2.17. The van der Waals surface area contributed by atoms with Gasteiger partial charge in [-0.15, -0.1) is 0 Å². The number of benzene rings is 1. The number of carbonyl (C=O) groups excluding carboxylic acids is 1. The van der Waals surface area contributed by atoms with E-state index in [9.17, 15) is 9.90 Å². The van der Waals surface area contributed by atoms with E-state index in [-0.39, 0.29) is 18.1 Å². The van der Waals surface area contributed by atoms with E-state index in [0.29, 0.717) is 12.0 Å². The lowest BCUT2D eigenvalue weighted by Crippen LogP contribution is -2.29. The number of rotatable bonds is 6. The Balaban J connectivity index is 2.84. The van der Waals surface area contributed by atoms with Gasteiger partial charge in [-0.1, -0.05) is 13.3 Å². The van der Waals surface area contributed by atoms with E-state index < -0.39 is 12.1 Å². The summed E-state index contributed by atoms with van der Waals surface area (Å²) >= 11 is 0. The predicted molar refractivity (Wildman–Crippen MR) is 68.8 cm³/mol. The summed E-state index contributed by atoms with van der Waals surface area (Å²) in [6.45, 7) is 3.93. The molecule has 0 bridgehead atoms. The maximum Gasteiger partial charge on any atom is 0.347 e. The molecule has 0 aliphatic carbocycles. The molecule has 0 spiro atoms. The van der Waals surface area contributed by atoms with E-state index in [1.807, 2.05) is 13.0 Å². The molecule has 1 N–H and O–H groups in total. The van der Waals surface area contributed by atoms with Crippen LogP contribution < -0.4 is 4.74 Å². The highest BCUT2D eigenvalue weighted by Gasteiger charge is 2.22. The Morgan fingerprint density at radius 2 is 2.21 bits per heavy atom. The highest BCUT2D eigenvalue weighted by Crippen LogP contribution is 2.28. The summed E-state index contributed by atoms with van der Waals surface area (Å²) in [6.07, 6.45) is 0.502. The molecule has 0 fully saturated rings. The molecule has 1 aromatic rings. The van der Waals surface area contributed by atoms with Gasteiger partial charge in [0.05, 0.1) is 18.2 Å². The van der Waals surface area contributed by atoms with Crippen LogP contribution in [0.4, 0.5) is 0 Å². The van der Waals surface area contributed by atoms with E-state index in [2.05, 4.69) is 0 Å². The molecule has 0 aliphatic heterocycles. The molecular weight excluding hydrogens is 246 g/mol. The second kappa shape index (κ2) is 7.27. The van der Waals surface area contributed by atoms with Crippen molar-refractivity contribution >= 4 is 5.97 Å². The van der Waals surface area contributed by atoms with Crippen LogP contribution in [0.25, 0.3) is 0 Å². The van der Waals surface area contributed by atoms with Crippen molar-refractivity contribution in [2.75, 3.05) is 6.61 Å². The number of nitriles is 1. The van der Waals surface area contributed by atoms with Crippen LogP contribution in [-0.2, 0) is 9.53 Å². The number of hydrogen-bond donors (Lipinski definition) is 1. The first-order valence-electron chi connectivity index (χ1n) is 6.18. The summed E-state index contributed by atoms with van der Waals surface area (Å²) < 4.78 is 10.4. The molecule has 0 saturated carbocycles. The number of carbonyl (C=O) groups is 1. The van der Waals surface area contributed by atoms with Crippen LogP contribution in [0.2, 0.25) is 0 Å². The molecule has 1 aromatic carbocycles. The molecule has 0 saturated heterocycles. The van der Waals surface area contributed by atoms with Gasteiger partial charge < -0.3 is 14.6 Å². The predicted octanol–water partition coefficient (Wildman–Crippen LogP) is 2.37. The third-order valence-corrected chi connectivity index (χ3v) is 2.46. The fourth-order valence-corrected chi connectivity index (χ4v) is 1.56. The van der Waals surface area contributed by atoms with Gasteiger partial charge in [-0.2, -0.15) is 5.26 Å². The van der Waals surface area contributed by atoms with Gasteiger partial charge >= 0.3 is 5.97 Å². The summed E-state index contributed by atoms with van der Waals surface area (Å²) in [5.74, 6) is -0.442. The van der Waals surface area contributed by atoms with Gasteiger partial charge in [-0.3, -0.25) is 0 Å². The summed E-state index contributed by atoms with van der Waals surface area (Å²) in [5.41, 5.74) is 0.327. The molecule has 1 rings (SSSR count). The van der Waals surface area contributed by atoms with Crippen molar-refractivity contribution in [2.24, 2.45) is 0 Å². The molecule has 0 aromatic heterocycles. The lowest BCUT2D eigenvalue weighted by molar-refractivity contribution is -0.151. The van der Waals surface area contributed by atoms with Crippen molar-refractivity contribution < 1.29 is 19.4 Å². The first-order valence-corrected chi connectivity index (χ1v) is 6.18. The molecule has 102 valence electrons. The molecule has 0 heterocycles. The zero-order valence-electron chi connectivity index (χ0n) is 11.0. The average molecular weight is 263 g/mol. The maximum absolute atomic E-state index is 11.7. The van der Waals surface area contributed by atoms with E-state index >= 15 is 0 Å². The van der Waals surface area contributed by atoms with Crippen LogP contribution in [-0.4, -0.2) is 23.8 Å². The molecule has 0 aliphatic rings. The van der Waals surface area contributed by atoms with Crippen LogP contribution in [0.5, 0.6) is 11.5 Å². The molecule has 1 unspecified atom stereocenters. The zero-order valence-corrected chi connectivity index (χ0v) is 11.0. The monoisotopic (exact) mass is 263 g/mol. The third kappa shape index (κ3) is 4.18. The first kappa shape index (κ1) is 14.8. The minimum absolute atomic E-state index is 0.163. The summed E-state index contributed by atoms with van der Waals surface area (Å²) in [4.78, 5) is 11.7. The normalized spacial score (nSPS) is 11.4. The van der Waals surface area contributed by atoms with Crippen LogP contribution in [0.15, 0.2) is 18.2 Å². The van der Waals surface area contributed by atoms with Gasteiger partial charge in [0.1, 0.15) is 0 Å². The van der Waals surface area contributed by atoms with Gasteiger partial charge in [-0.05, 0) is 25.5 Å². The Hall–Kier alpha value is -2.22. The lowest BCUT2D eigenvalue weighted by atomic mass is 10.2. The van der Waals surface area contributed by atoms with Crippen LogP contribution in [0.1, 0.15) is 32.3 Å². The minimum atomic E-state index is -0.746. The van der Waals surface area contributed by atoms with Gasteiger partial charge in [0.25, 0.3) is 0 Å². The van der Waals surface area contributed by atoms with Gasteiger partial charge in [0.2, 0.25) is 0 Å². The number of esters is 1. The molecule has 0 amide bonds. The quantitative estimate of drug-likeness (QED) is 0.797. The van der Waals surface area contributed by atoms with Crippen LogP contribution in [0, 0.1) is 11.3 Å². The van der Waals surface area contributed by atoms with Crippen molar-refractivity contribution in [3.63, 3.8) is 0 Å². The van der Waals surface area contributed by atoms with Gasteiger partial charge in [-0.25, -0.2) is 4.79 Å². The largest absolute Gasteiger partial charge is 0.504 e. The summed E-state index contributed by atoms with van der Waals surface area (Å²) in [5, 5.41) is 18.4. The third-order valence-electron chi connectivity index (χ3n) is 2.46. The smallest absolute Gasteiger partial charge is 0.347 e. The van der Waals surface area contributed by atoms with E-state index in [1.165, 1.54) is 18.2 Å². The summed E-state index contributed by atoms with van der Waals surface area (Å²) in [6, 6.07) is 6.19. The van der Waals surface area contributed by atoms with Crippen LogP contribution in [0.3, 0.4) is 0 Å². The van der Waals surface area contributed by atoms with E-state index in [4.69, 9.17) is 14.7 Å². The van der Waals surface area contributed by atoms with Gasteiger partial charge in [0, 0.05) is 6.07 Å². The number of hydrogen-bond acceptors (Lipinski definition) is 5. The van der Waals surface area contributed by atoms with Crippen molar-refractivity contribution in [1.29, 1.82) is 5.26 Å².